The third kappa shape index (κ3) is 2.25. The number of hydrogen-bond acceptors (Lipinski definition) is 5. The average Bonchev–Trinajstić information content (AvgIpc) is 2.87. The predicted molar refractivity (Wildman–Crippen MR) is 61.0 cm³/mol. The van der Waals surface area contributed by atoms with Gasteiger partial charge < -0.3 is 5.32 Å². The Morgan fingerprint density at radius 1 is 1.62 bits per heavy atom. The second kappa shape index (κ2) is 4.40. The van der Waals surface area contributed by atoms with Crippen LogP contribution in [0.5, 0.6) is 0 Å². The molecule has 2 aromatic rings. The van der Waals surface area contributed by atoms with Gasteiger partial charge in [0.1, 0.15) is 0 Å². The number of carbonyl (C=O) groups is 1. The van der Waals surface area contributed by atoms with E-state index in [1.165, 1.54) is 11.5 Å². The fourth-order valence-electron chi connectivity index (χ4n) is 1.14. The smallest absolute Gasteiger partial charge is 0.225 e. The number of nitrogens with zero attached hydrogens (tertiary/aromatic N) is 4. The maximum Gasteiger partial charge on any atom is 0.225 e. The molecule has 0 aliphatic carbocycles. The summed E-state index contributed by atoms with van der Waals surface area (Å²) in [5.74, 6) is 0.526. The topological polar surface area (TPSA) is 72.7 Å². The number of aryl methyl sites for hydroxylation is 1. The van der Waals surface area contributed by atoms with Crippen molar-refractivity contribution in [3.05, 3.63) is 12.4 Å². The van der Waals surface area contributed by atoms with Crippen molar-refractivity contribution in [1.29, 1.82) is 0 Å². The molecule has 84 valence electrons. The molecular formula is C9H11N5OS. The molecule has 0 bridgehead atoms. The molecule has 6 nitrogen and oxygen atoms in total. The summed E-state index contributed by atoms with van der Waals surface area (Å²) in [5.41, 5.74) is 0.843. The Morgan fingerprint density at radius 3 is 3.06 bits per heavy atom. The molecule has 0 atom stereocenters. The molecule has 0 aliphatic rings. The Labute approximate surface area is 96.5 Å². The number of anilines is 1. The highest BCUT2D eigenvalue weighted by Crippen LogP contribution is 2.20. The van der Waals surface area contributed by atoms with Gasteiger partial charge in [0.2, 0.25) is 11.0 Å². The Hall–Kier alpha value is -1.76. The third-order valence-electron chi connectivity index (χ3n) is 1.96. The molecule has 0 saturated heterocycles. The Balaban J connectivity index is 2.16. The van der Waals surface area contributed by atoms with Crippen molar-refractivity contribution < 1.29 is 4.79 Å². The van der Waals surface area contributed by atoms with Crippen LogP contribution in [-0.4, -0.2) is 25.0 Å². The molecule has 0 aromatic carbocycles. The lowest BCUT2D eigenvalue weighted by molar-refractivity contribution is -0.115. The molecule has 0 aliphatic heterocycles. The van der Waals surface area contributed by atoms with Crippen LogP contribution in [0.1, 0.15) is 13.3 Å². The molecule has 16 heavy (non-hydrogen) atoms. The second-order valence-electron chi connectivity index (χ2n) is 3.23. The minimum absolute atomic E-state index is 0.0612. The molecule has 0 spiro atoms. The number of rotatable bonds is 3. The first-order chi connectivity index (χ1) is 7.69. The molecule has 0 unspecified atom stereocenters. The molecule has 2 aromatic heterocycles. The number of aromatic nitrogens is 4. The van der Waals surface area contributed by atoms with Crippen LogP contribution in [0.3, 0.4) is 0 Å². The molecular weight excluding hydrogens is 226 g/mol. The lowest BCUT2D eigenvalue weighted by Gasteiger charge is -1.94. The van der Waals surface area contributed by atoms with Gasteiger partial charge in [-0.25, -0.2) is 0 Å². The highest BCUT2D eigenvalue weighted by molar-refractivity contribution is 7.10. The summed E-state index contributed by atoms with van der Waals surface area (Å²) in [6.07, 6.45) is 3.95. The molecule has 1 N–H and O–H groups in total. The lowest BCUT2D eigenvalue weighted by Crippen LogP contribution is -2.08. The number of hydrogen-bond donors (Lipinski definition) is 1. The third-order valence-corrected chi connectivity index (χ3v) is 2.59. The van der Waals surface area contributed by atoms with Crippen molar-refractivity contribution in [3.63, 3.8) is 0 Å². The van der Waals surface area contributed by atoms with Gasteiger partial charge in [-0.2, -0.15) is 14.5 Å². The van der Waals surface area contributed by atoms with Gasteiger partial charge in [-0.05, 0) is 0 Å². The molecule has 0 saturated carbocycles. The quantitative estimate of drug-likeness (QED) is 0.873. The number of carbonyl (C=O) groups excluding carboxylic acids is 1. The zero-order valence-electron chi connectivity index (χ0n) is 8.97. The van der Waals surface area contributed by atoms with Crippen LogP contribution in [0.15, 0.2) is 12.4 Å². The summed E-state index contributed by atoms with van der Waals surface area (Å²) in [7, 11) is 1.83. The summed E-state index contributed by atoms with van der Waals surface area (Å²) in [5, 5.41) is 7.22. The van der Waals surface area contributed by atoms with E-state index in [-0.39, 0.29) is 5.91 Å². The highest BCUT2D eigenvalue weighted by atomic mass is 32.1. The number of nitrogens with one attached hydrogen (secondary N) is 1. The van der Waals surface area contributed by atoms with Crippen molar-refractivity contribution in [1.82, 2.24) is 19.1 Å². The van der Waals surface area contributed by atoms with E-state index in [1.807, 2.05) is 13.2 Å². The van der Waals surface area contributed by atoms with E-state index in [1.54, 1.807) is 17.8 Å². The van der Waals surface area contributed by atoms with Gasteiger partial charge in [-0.1, -0.05) is 6.92 Å². The van der Waals surface area contributed by atoms with Crippen LogP contribution in [0, 0.1) is 0 Å². The first kappa shape index (κ1) is 10.7. The predicted octanol–water partition coefficient (Wildman–Crippen LogP) is 1.29. The normalized spacial score (nSPS) is 10.4. The maximum atomic E-state index is 11.1. The minimum atomic E-state index is -0.0612. The fourth-order valence-corrected chi connectivity index (χ4v) is 1.74. The monoisotopic (exact) mass is 237 g/mol. The molecule has 0 radical (unpaired) electrons. The number of amides is 1. The lowest BCUT2D eigenvalue weighted by atomic mass is 10.3. The van der Waals surface area contributed by atoms with Crippen LogP contribution in [0.4, 0.5) is 5.13 Å². The Kier molecular flexibility index (Phi) is 2.95. The van der Waals surface area contributed by atoms with Gasteiger partial charge in [0.25, 0.3) is 0 Å². The SMILES string of the molecule is CCC(=O)Nc1nc(-c2cnn(C)c2)ns1. The second-order valence-corrected chi connectivity index (χ2v) is 3.98. The van der Waals surface area contributed by atoms with Crippen LogP contribution >= 0.6 is 11.5 Å². The van der Waals surface area contributed by atoms with E-state index in [4.69, 9.17) is 0 Å². The van der Waals surface area contributed by atoms with Crippen molar-refractivity contribution in [3.8, 4) is 11.4 Å². The molecule has 0 fully saturated rings. The van der Waals surface area contributed by atoms with Gasteiger partial charge in [-0.15, -0.1) is 0 Å². The van der Waals surface area contributed by atoms with Crippen molar-refractivity contribution >= 4 is 22.6 Å². The van der Waals surface area contributed by atoms with E-state index < -0.39 is 0 Å². The average molecular weight is 237 g/mol. The highest BCUT2D eigenvalue weighted by Gasteiger charge is 2.09. The van der Waals surface area contributed by atoms with E-state index >= 15 is 0 Å². The van der Waals surface area contributed by atoms with E-state index in [0.717, 1.165) is 5.56 Å². The largest absolute Gasteiger partial charge is 0.301 e. The van der Waals surface area contributed by atoms with Gasteiger partial charge in [-0.3, -0.25) is 9.48 Å². The van der Waals surface area contributed by atoms with E-state index in [0.29, 0.717) is 17.4 Å². The summed E-state index contributed by atoms with van der Waals surface area (Å²) in [6, 6.07) is 0. The first-order valence-corrected chi connectivity index (χ1v) is 5.59. The summed E-state index contributed by atoms with van der Waals surface area (Å²) in [4.78, 5) is 15.3. The van der Waals surface area contributed by atoms with Crippen molar-refractivity contribution in [2.75, 3.05) is 5.32 Å². The van der Waals surface area contributed by atoms with Crippen LogP contribution in [-0.2, 0) is 11.8 Å². The van der Waals surface area contributed by atoms with Gasteiger partial charge in [0.15, 0.2) is 5.82 Å². The summed E-state index contributed by atoms with van der Waals surface area (Å²) >= 11 is 1.17. The van der Waals surface area contributed by atoms with Crippen molar-refractivity contribution in [2.24, 2.45) is 7.05 Å². The Bertz CT molecular complexity index is 503. The van der Waals surface area contributed by atoms with Crippen LogP contribution in [0.25, 0.3) is 11.4 Å². The van der Waals surface area contributed by atoms with Crippen LogP contribution in [0.2, 0.25) is 0 Å². The summed E-state index contributed by atoms with van der Waals surface area (Å²) < 4.78 is 5.83. The van der Waals surface area contributed by atoms with E-state index in [2.05, 4.69) is 19.8 Å². The first-order valence-electron chi connectivity index (χ1n) is 4.81. The van der Waals surface area contributed by atoms with E-state index in [9.17, 15) is 4.79 Å². The standard InChI is InChI=1S/C9H11N5OS/c1-3-7(15)11-9-12-8(13-16-9)6-4-10-14(2)5-6/h4-5H,3H2,1-2H3,(H,11,12,13,15). The van der Waals surface area contributed by atoms with Crippen molar-refractivity contribution in [2.45, 2.75) is 13.3 Å². The molecule has 1 amide bonds. The molecule has 2 heterocycles. The zero-order chi connectivity index (χ0) is 11.5. The molecule has 7 heteroatoms. The fraction of sp³-hybridized carbons (Fsp3) is 0.333. The minimum Gasteiger partial charge on any atom is -0.301 e. The maximum absolute atomic E-state index is 11.1. The zero-order valence-corrected chi connectivity index (χ0v) is 9.78. The van der Waals surface area contributed by atoms with Gasteiger partial charge in [0.05, 0.1) is 11.8 Å². The summed E-state index contributed by atoms with van der Waals surface area (Å²) in [6.45, 7) is 1.79. The molecule has 2 rings (SSSR count). The van der Waals surface area contributed by atoms with Gasteiger partial charge in [0, 0.05) is 31.2 Å². The van der Waals surface area contributed by atoms with Gasteiger partial charge >= 0.3 is 0 Å². The van der Waals surface area contributed by atoms with Crippen LogP contribution < -0.4 is 5.32 Å². The Morgan fingerprint density at radius 2 is 2.44 bits per heavy atom.